The van der Waals surface area contributed by atoms with Gasteiger partial charge in [0, 0.05) is 5.41 Å². The number of carbonyl (C=O) groups is 4. The predicted octanol–water partition coefficient (Wildman–Crippen LogP) is 3.26. The van der Waals surface area contributed by atoms with Gasteiger partial charge in [-0.15, -0.1) is 0 Å². The topological polar surface area (TPSA) is 80.8 Å². The first-order valence-corrected chi connectivity index (χ1v) is 8.48. The molecule has 3 rings (SSSR count). The van der Waals surface area contributed by atoms with Gasteiger partial charge in [-0.25, -0.2) is 9.69 Å². The molecular formula is C21H19NO5. The number of hydrogen-bond donors (Lipinski definition) is 0. The Labute approximate surface area is 156 Å². The molecule has 27 heavy (non-hydrogen) atoms. The molecular weight excluding hydrogens is 346 g/mol. The molecule has 0 spiro atoms. The van der Waals surface area contributed by atoms with Crippen molar-refractivity contribution in [1.82, 2.24) is 0 Å². The van der Waals surface area contributed by atoms with E-state index in [0.29, 0.717) is 16.8 Å². The maximum atomic E-state index is 12.5. The van der Waals surface area contributed by atoms with Gasteiger partial charge in [0.2, 0.25) is 0 Å². The molecule has 0 unspecified atom stereocenters. The van der Waals surface area contributed by atoms with Crippen LogP contribution in [0.4, 0.5) is 5.69 Å². The Morgan fingerprint density at radius 1 is 0.889 bits per heavy atom. The number of imide groups is 1. The molecule has 6 nitrogen and oxygen atoms in total. The molecule has 0 N–H and O–H groups in total. The van der Waals surface area contributed by atoms with Crippen LogP contribution in [-0.4, -0.2) is 30.2 Å². The number of Topliss-reactive ketones (excluding diaryl/α,β-unsaturated/α-hetero) is 1. The Hall–Kier alpha value is -3.28. The molecule has 2 aromatic carbocycles. The van der Waals surface area contributed by atoms with Gasteiger partial charge in [0.1, 0.15) is 0 Å². The van der Waals surface area contributed by atoms with Gasteiger partial charge in [-0.3, -0.25) is 14.4 Å². The zero-order valence-corrected chi connectivity index (χ0v) is 15.3. The van der Waals surface area contributed by atoms with E-state index in [1.807, 2.05) is 0 Å². The van der Waals surface area contributed by atoms with E-state index in [9.17, 15) is 19.2 Å². The second-order valence-corrected chi connectivity index (χ2v) is 7.29. The highest BCUT2D eigenvalue weighted by molar-refractivity contribution is 6.34. The van der Waals surface area contributed by atoms with Crippen LogP contribution in [0.15, 0.2) is 48.5 Å². The van der Waals surface area contributed by atoms with E-state index in [-0.39, 0.29) is 18.0 Å². The quantitative estimate of drug-likeness (QED) is 0.614. The normalized spacial score (nSPS) is 13.5. The number of rotatable bonds is 4. The van der Waals surface area contributed by atoms with Crippen LogP contribution in [0.3, 0.4) is 0 Å². The number of esters is 1. The fourth-order valence-corrected chi connectivity index (χ4v) is 2.60. The highest BCUT2D eigenvalue weighted by atomic mass is 16.5. The van der Waals surface area contributed by atoms with E-state index in [1.165, 1.54) is 24.3 Å². The third kappa shape index (κ3) is 3.51. The highest BCUT2D eigenvalue weighted by Gasteiger charge is 2.36. The first-order chi connectivity index (χ1) is 12.7. The number of benzene rings is 2. The average Bonchev–Trinajstić information content (AvgIpc) is 2.90. The van der Waals surface area contributed by atoms with Crippen molar-refractivity contribution in [2.45, 2.75) is 20.8 Å². The predicted molar refractivity (Wildman–Crippen MR) is 98.8 cm³/mol. The lowest BCUT2D eigenvalue weighted by atomic mass is 9.91. The van der Waals surface area contributed by atoms with E-state index in [4.69, 9.17) is 4.74 Å². The van der Waals surface area contributed by atoms with Gasteiger partial charge in [-0.1, -0.05) is 32.9 Å². The summed E-state index contributed by atoms with van der Waals surface area (Å²) in [5.41, 5.74) is 0.717. The van der Waals surface area contributed by atoms with E-state index in [2.05, 4.69) is 0 Å². The first-order valence-electron chi connectivity index (χ1n) is 8.48. The summed E-state index contributed by atoms with van der Waals surface area (Å²) in [6, 6.07) is 12.5. The molecule has 0 radical (unpaired) electrons. The number of nitrogens with zero attached hydrogens (tertiary/aromatic N) is 1. The Morgan fingerprint density at radius 3 is 1.89 bits per heavy atom. The second-order valence-electron chi connectivity index (χ2n) is 7.29. The standard InChI is InChI=1S/C21H19NO5/c1-21(2,3)17(23)12-27-20(26)13-8-10-14(11-9-13)22-18(24)15-6-4-5-7-16(15)19(22)25/h4-11H,12H2,1-3H3. The molecule has 2 amide bonds. The molecule has 2 aromatic rings. The smallest absolute Gasteiger partial charge is 0.338 e. The van der Waals surface area contributed by atoms with Crippen molar-refractivity contribution >= 4 is 29.3 Å². The molecule has 1 aliphatic heterocycles. The van der Waals surface area contributed by atoms with Gasteiger partial charge in [0.05, 0.1) is 22.4 Å². The van der Waals surface area contributed by atoms with E-state index >= 15 is 0 Å². The summed E-state index contributed by atoms with van der Waals surface area (Å²) in [5, 5.41) is 0. The molecule has 0 aliphatic carbocycles. The van der Waals surface area contributed by atoms with Crippen molar-refractivity contribution in [2.75, 3.05) is 11.5 Å². The third-order valence-corrected chi connectivity index (χ3v) is 4.33. The number of ketones is 1. The van der Waals surface area contributed by atoms with Crippen LogP contribution in [0.5, 0.6) is 0 Å². The summed E-state index contributed by atoms with van der Waals surface area (Å²) < 4.78 is 5.04. The van der Waals surface area contributed by atoms with Crippen molar-refractivity contribution in [3.63, 3.8) is 0 Å². The maximum Gasteiger partial charge on any atom is 0.338 e. The van der Waals surface area contributed by atoms with Crippen molar-refractivity contribution in [1.29, 1.82) is 0 Å². The van der Waals surface area contributed by atoms with Crippen LogP contribution in [0.25, 0.3) is 0 Å². The van der Waals surface area contributed by atoms with Crippen molar-refractivity contribution in [3.8, 4) is 0 Å². The molecule has 0 atom stereocenters. The van der Waals surface area contributed by atoms with E-state index in [0.717, 1.165) is 4.90 Å². The van der Waals surface area contributed by atoms with Crippen LogP contribution < -0.4 is 4.90 Å². The summed E-state index contributed by atoms with van der Waals surface area (Å²) in [6.07, 6.45) is 0. The third-order valence-electron chi connectivity index (χ3n) is 4.33. The van der Waals surface area contributed by atoms with Crippen LogP contribution in [0.1, 0.15) is 51.8 Å². The molecule has 0 bridgehead atoms. The fraction of sp³-hybridized carbons (Fsp3) is 0.238. The Balaban J connectivity index is 1.73. The molecule has 0 saturated heterocycles. The number of fused-ring (bicyclic) bond motifs is 1. The minimum absolute atomic E-state index is 0.182. The summed E-state index contributed by atoms with van der Waals surface area (Å²) in [6.45, 7) is 4.95. The lowest BCUT2D eigenvalue weighted by Gasteiger charge is -2.16. The first kappa shape index (κ1) is 18.5. The van der Waals surface area contributed by atoms with Gasteiger partial charge < -0.3 is 4.74 Å². The van der Waals surface area contributed by atoms with E-state index in [1.54, 1.807) is 45.0 Å². The lowest BCUT2D eigenvalue weighted by molar-refractivity contribution is -0.129. The van der Waals surface area contributed by atoms with Crippen molar-refractivity contribution in [3.05, 3.63) is 65.2 Å². The fourth-order valence-electron chi connectivity index (χ4n) is 2.60. The van der Waals surface area contributed by atoms with Crippen LogP contribution >= 0.6 is 0 Å². The lowest BCUT2D eigenvalue weighted by Crippen LogP contribution is -2.29. The summed E-state index contributed by atoms with van der Waals surface area (Å²) in [5.74, 6) is -1.62. The van der Waals surface area contributed by atoms with Crippen LogP contribution in [0, 0.1) is 5.41 Å². The van der Waals surface area contributed by atoms with Gasteiger partial charge >= 0.3 is 5.97 Å². The summed E-state index contributed by atoms with van der Waals surface area (Å²) >= 11 is 0. The second kappa shape index (κ2) is 6.79. The Kier molecular flexibility index (Phi) is 4.66. The zero-order valence-electron chi connectivity index (χ0n) is 15.3. The average molecular weight is 365 g/mol. The monoisotopic (exact) mass is 365 g/mol. The van der Waals surface area contributed by atoms with Crippen LogP contribution in [-0.2, 0) is 9.53 Å². The Bertz CT molecular complexity index is 903. The molecule has 0 aromatic heterocycles. The molecule has 1 aliphatic rings. The number of hydrogen-bond acceptors (Lipinski definition) is 5. The minimum Gasteiger partial charge on any atom is -0.454 e. The van der Waals surface area contributed by atoms with Gasteiger partial charge in [0.15, 0.2) is 12.4 Å². The number of anilines is 1. The number of carbonyl (C=O) groups excluding carboxylic acids is 4. The van der Waals surface area contributed by atoms with Crippen LogP contribution in [0.2, 0.25) is 0 Å². The molecule has 0 fully saturated rings. The molecule has 6 heteroatoms. The maximum absolute atomic E-state index is 12.5. The number of amides is 2. The minimum atomic E-state index is -0.637. The number of ether oxygens (including phenoxy) is 1. The summed E-state index contributed by atoms with van der Waals surface area (Å²) in [7, 11) is 0. The van der Waals surface area contributed by atoms with Gasteiger partial charge in [-0.05, 0) is 36.4 Å². The van der Waals surface area contributed by atoms with Gasteiger partial charge in [0.25, 0.3) is 11.8 Å². The SMILES string of the molecule is CC(C)(C)C(=O)COC(=O)c1ccc(N2C(=O)c3ccccc3C2=O)cc1. The largest absolute Gasteiger partial charge is 0.454 e. The van der Waals surface area contributed by atoms with Crippen molar-refractivity contribution < 1.29 is 23.9 Å². The molecule has 0 saturated carbocycles. The van der Waals surface area contributed by atoms with Gasteiger partial charge in [-0.2, -0.15) is 0 Å². The summed E-state index contributed by atoms with van der Waals surface area (Å²) in [4.78, 5) is 50.0. The molecule has 138 valence electrons. The Morgan fingerprint density at radius 2 is 1.41 bits per heavy atom. The van der Waals surface area contributed by atoms with E-state index < -0.39 is 23.2 Å². The van der Waals surface area contributed by atoms with Crippen molar-refractivity contribution in [2.24, 2.45) is 5.41 Å². The highest BCUT2D eigenvalue weighted by Crippen LogP contribution is 2.28. The molecule has 1 heterocycles. The zero-order chi connectivity index (χ0) is 19.8.